The molecule has 3 heterocycles. The Labute approximate surface area is 150 Å². The first-order valence-corrected chi connectivity index (χ1v) is 8.79. The first kappa shape index (κ1) is 16.9. The maximum Gasteiger partial charge on any atom is 0.252 e. The van der Waals surface area contributed by atoms with E-state index in [0.29, 0.717) is 31.3 Å². The van der Waals surface area contributed by atoms with Crippen LogP contribution in [0.15, 0.2) is 33.6 Å². The van der Waals surface area contributed by atoms with Gasteiger partial charge < -0.3 is 14.6 Å². The number of hydrogen-bond acceptors (Lipinski definition) is 6. The van der Waals surface area contributed by atoms with E-state index in [1.54, 1.807) is 6.92 Å². The molecule has 0 bridgehead atoms. The maximum absolute atomic E-state index is 12.5. The molecule has 0 radical (unpaired) electrons. The summed E-state index contributed by atoms with van der Waals surface area (Å²) in [6, 6.07) is 7.99. The van der Waals surface area contributed by atoms with E-state index in [2.05, 4.69) is 20.0 Å². The van der Waals surface area contributed by atoms with Gasteiger partial charge in [0.1, 0.15) is 0 Å². The van der Waals surface area contributed by atoms with Gasteiger partial charge in [-0.15, -0.1) is 0 Å². The second kappa shape index (κ2) is 6.66. The molecule has 136 valence electrons. The Morgan fingerprint density at radius 2 is 2.15 bits per heavy atom. The number of nitrogens with zero attached hydrogens (tertiary/aromatic N) is 3. The number of fused-ring (bicyclic) bond motifs is 1. The zero-order chi connectivity index (χ0) is 18.3. The average molecular weight is 354 g/mol. The summed E-state index contributed by atoms with van der Waals surface area (Å²) in [6.45, 7) is 5.73. The Balaban J connectivity index is 1.57. The lowest BCUT2D eigenvalue weighted by Gasteiger charge is -2.15. The first-order chi connectivity index (χ1) is 12.5. The van der Waals surface area contributed by atoms with Crippen LogP contribution in [0.25, 0.3) is 10.9 Å². The van der Waals surface area contributed by atoms with Crippen molar-refractivity contribution >= 4 is 10.9 Å². The standard InChI is InChI=1S/C19H22N4O3/c1-11-3-4-13-6-14(18(25)21-17(13)5-11)7-23-8-15(10-24)16(9-23)19-20-12(2)22-26-19/h3-6,15-16,24H,7-10H2,1-2H3,(H,21,25). The molecule has 26 heavy (non-hydrogen) atoms. The molecule has 1 aliphatic rings. The van der Waals surface area contributed by atoms with Crippen LogP contribution < -0.4 is 5.56 Å². The molecule has 1 aliphatic heterocycles. The number of hydrogen-bond donors (Lipinski definition) is 2. The Bertz CT molecular complexity index is 994. The molecule has 1 fully saturated rings. The third-order valence-electron chi connectivity index (χ3n) is 5.08. The van der Waals surface area contributed by atoms with Crippen molar-refractivity contribution in [1.82, 2.24) is 20.0 Å². The number of aromatic nitrogens is 3. The van der Waals surface area contributed by atoms with E-state index in [0.717, 1.165) is 22.0 Å². The predicted molar refractivity (Wildman–Crippen MR) is 96.9 cm³/mol. The number of benzene rings is 1. The van der Waals surface area contributed by atoms with E-state index in [-0.39, 0.29) is 24.0 Å². The molecule has 2 atom stereocenters. The Hall–Kier alpha value is -2.51. The SMILES string of the molecule is Cc1ccc2cc(CN3CC(CO)C(c4nc(C)no4)C3)c(=O)[nH]c2c1. The van der Waals surface area contributed by atoms with Gasteiger partial charge in [0.25, 0.3) is 5.56 Å². The smallest absolute Gasteiger partial charge is 0.252 e. The van der Waals surface area contributed by atoms with Crippen molar-refractivity contribution in [3.63, 3.8) is 0 Å². The van der Waals surface area contributed by atoms with Crippen LogP contribution in [-0.4, -0.2) is 44.8 Å². The van der Waals surface area contributed by atoms with E-state index >= 15 is 0 Å². The Morgan fingerprint density at radius 3 is 2.88 bits per heavy atom. The number of likely N-dealkylation sites (tertiary alicyclic amines) is 1. The van der Waals surface area contributed by atoms with Crippen molar-refractivity contribution in [3.05, 3.63) is 57.5 Å². The van der Waals surface area contributed by atoms with Gasteiger partial charge in [0, 0.05) is 43.2 Å². The molecule has 1 aromatic carbocycles. The fourth-order valence-electron chi connectivity index (χ4n) is 3.74. The van der Waals surface area contributed by atoms with E-state index in [1.165, 1.54) is 0 Å². The number of pyridine rings is 1. The van der Waals surface area contributed by atoms with Crippen molar-refractivity contribution < 1.29 is 9.63 Å². The van der Waals surface area contributed by atoms with Crippen LogP contribution in [0.5, 0.6) is 0 Å². The summed E-state index contributed by atoms with van der Waals surface area (Å²) in [5, 5.41) is 14.6. The second-order valence-corrected chi connectivity index (χ2v) is 7.14. The summed E-state index contributed by atoms with van der Waals surface area (Å²) >= 11 is 0. The average Bonchev–Trinajstić information content (AvgIpc) is 3.21. The molecule has 0 saturated carbocycles. The molecular formula is C19H22N4O3. The number of aliphatic hydroxyl groups is 1. The van der Waals surface area contributed by atoms with Crippen LogP contribution in [0.3, 0.4) is 0 Å². The van der Waals surface area contributed by atoms with E-state index in [4.69, 9.17) is 4.52 Å². The summed E-state index contributed by atoms with van der Waals surface area (Å²) in [7, 11) is 0. The van der Waals surface area contributed by atoms with Gasteiger partial charge in [0.15, 0.2) is 5.82 Å². The number of H-pyrrole nitrogens is 1. The van der Waals surface area contributed by atoms with Crippen LogP contribution in [0.2, 0.25) is 0 Å². The second-order valence-electron chi connectivity index (χ2n) is 7.14. The molecule has 0 aliphatic carbocycles. The molecule has 0 spiro atoms. The summed E-state index contributed by atoms with van der Waals surface area (Å²) in [5.74, 6) is 1.17. The van der Waals surface area contributed by atoms with Crippen LogP contribution in [-0.2, 0) is 6.54 Å². The molecule has 0 amide bonds. The largest absolute Gasteiger partial charge is 0.396 e. The fourth-order valence-corrected chi connectivity index (χ4v) is 3.74. The van der Waals surface area contributed by atoms with E-state index < -0.39 is 0 Å². The van der Waals surface area contributed by atoms with Gasteiger partial charge in [-0.2, -0.15) is 4.98 Å². The van der Waals surface area contributed by atoms with Gasteiger partial charge in [-0.1, -0.05) is 17.3 Å². The van der Waals surface area contributed by atoms with Crippen molar-refractivity contribution in [2.24, 2.45) is 5.92 Å². The summed E-state index contributed by atoms with van der Waals surface area (Å²) in [5.41, 5.74) is 2.62. The highest BCUT2D eigenvalue weighted by Gasteiger charge is 2.37. The van der Waals surface area contributed by atoms with Crippen molar-refractivity contribution in [2.75, 3.05) is 19.7 Å². The van der Waals surface area contributed by atoms with E-state index in [9.17, 15) is 9.90 Å². The van der Waals surface area contributed by atoms with Crippen LogP contribution in [0.1, 0.15) is 28.8 Å². The minimum absolute atomic E-state index is 0.0108. The highest BCUT2D eigenvalue weighted by Crippen LogP contribution is 2.32. The van der Waals surface area contributed by atoms with Crippen LogP contribution >= 0.6 is 0 Å². The van der Waals surface area contributed by atoms with Crippen LogP contribution in [0.4, 0.5) is 0 Å². The minimum atomic E-state index is -0.0688. The van der Waals surface area contributed by atoms with Crippen molar-refractivity contribution in [3.8, 4) is 0 Å². The summed E-state index contributed by atoms with van der Waals surface area (Å²) in [4.78, 5) is 21.9. The normalized spacial score (nSPS) is 20.9. The monoisotopic (exact) mass is 354 g/mol. The van der Waals surface area contributed by atoms with Crippen molar-refractivity contribution in [2.45, 2.75) is 26.3 Å². The molecule has 3 aromatic rings. The number of aromatic amines is 1. The van der Waals surface area contributed by atoms with Gasteiger partial charge in [0.2, 0.25) is 5.89 Å². The lowest BCUT2D eigenvalue weighted by Crippen LogP contribution is -2.25. The summed E-state index contributed by atoms with van der Waals surface area (Å²) < 4.78 is 5.30. The molecule has 2 N–H and O–H groups in total. The summed E-state index contributed by atoms with van der Waals surface area (Å²) in [6.07, 6.45) is 0. The van der Waals surface area contributed by atoms with Gasteiger partial charge >= 0.3 is 0 Å². The zero-order valence-electron chi connectivity index (χ0n) is 14.9. The molecule has 4 rings (SSSR count). The van der Waals surface area contributed by atoms with Gasteiger partial charge in [-0.25, -0.2) is 0 Å². The highest BCUT2D eigenvalue weighted by atomic mass is 16.5. The molecule has 2 unspecified atom stereocenters. The number of nitrogens with one attached hydrogen (secondary N) is 1. The minimum Gasteiger partial charge on any atom is -0.396 e. The first-order valence-electron chi connectivity index (χ1n) is 8.79. The maximum atomic E-state index is 12.5. The van der Waals surface area contributed by atoms with Gasteiger partial charge in [0.05, 0.1) is 5.92 Å². The quantitative estimate of drug-likeness (QED) is 0.741. The molecule has 1 saturated heterocycles. The zero-order valence-corrected chi connectivity index (χ0v) is 14.9. The number of aryl methyl sites for hydroxylation is 2. The number of aliphatic hydroxyl groups excluding tert-OH is 1. The number of rotatable bonds is 4. The van der Waals surface area contributed by atoms with E-state index in [1.807, 2.05) is 31.2 Å². The third-order valence-corrected chi connectivity index (χ3v) is 5.08. The molecule has 7 heteroatoms. The molecular weight excluding hydrogens is 332 g/mol. The Kier molecular flexibility index (Phi) is 4.34. The predicted octanol–water partition coefficient (Wildman–Crippen LogP) is 1.74. The lowest BCUT2D eigenvalue weighted by molar-refractivity contribution is 0.204. The topological polar surface area (TPSA) is 95.2 Å². The van der Waals surface area contributed by atoms with Crippen LogP contribution in [0, 0.1) is 19.8 Å². The lowest BCUT2D eigenvalue weighted by atomic mass is 9.97. The van der Waals surface area contributed by atoms with Crippen molar-refractivity contribution in [1.29, 1.82) is 0 Å². The highest BCUT2D eigenvalue weighted by molar-refractivity contribution is 5.79. The van der Waals surface area contributed by atoms with Gasteiger partial charge in [-0.3, -0.25) is 9.69 Å². The fraction of sp³-hybridized carbons (Fsp3) is 0.421. The third kappa shape index (κ3) is 3.15. The van der Waals surface area contributed by atoms with Gasteiger partial charge in [-0.05, 0) is 36.9 Å². The molecule has 2 aromatic heterocycles. The Morgan fingerprint density at radius 1 is 1.31 bits per heavy atom. The molecule has 7 nitrogen and oxygen atoms in total.